The Morgan fingerprint density at radius 2 is 1.81 bits per heavy atom. The fourth-order valence-electron chi connectivity index (χ4n) is 3.99. The van der Waals surface area contributed by atoms with Crippen LogP contribution in [0.25, 0.3) is 10.2 Å². The van der Waals surface area contributed by atoms with Gasteiger partial charge in [0.15, 0.2) is 4.77 Å². The monoisotopic (exact) mass is 448 g/mol. The molecule has 0 radical (unpaired) electrons. The summed E-state index contributed by atoms with van der Waals surface area (Å²) in [6.45, 7) is 0.443. The molecule has 5 nitrogen and oxygen atoms in total. The summed E-state index contributed by atoms with van der Waals surface area (Å²) in [5, 5.41) is 0.615. The molecule has 0 aliphatic heterocycles. The van der Waals surface area contributed by atoms with Crippen molar-refractivity contribution in [2.24, 2.45) is 0 Å². The van der Waals surface area contributed by atoms with Crippen molar-refractivity contribution in [3.8, 4) is 5.75 Å². The predicted molar refractivity (Wildman–Crippen MR) is 125 cm³/mol. The van der Waals surface area contributed by atoms with Gasteiger partial charge >= 0.3 is 0 Å². The molecule has 0 fully saturated rings. The van der Waals surface area contributed by atoms with Crippen molar-refractivity contribution >= 4 is 39.7 Å². The van der Waals surface area contributed by atoms with Crippen LogP contribution in [0.4, 0.5) is 0 Å². The smallest absolute Gasteiger partial charge is 0.270 e. The summed E-state index contributed by atoms with van der Waals surface area (Å²) in [6.07, 6.45) is 4.04. The van der Waals surface area contributed by atoms with Gasteiger partial charge in [0.1, 0.15) is 17.2 Å². The Hall–Kier alpha value is -3.03. The molecule has 2 aromatic heterocycles. The van der Waals surface area contributed by atoms with Crippen molar-refractivity contribution in [3.05, 3.63) is 91.3 Å². The molecule has 2 aromatic carbocycles. The summed E-state index contributed by atoms with van der Waals surface area (Å²) >= 11 is 6.96. The first-order valence-electron chi connectivity index (χ1n) is 10.2. The Balaban J connectivity index is 1.44. The SMILES string of the molecule is O=C(c1ccc(OCc2ccccc2)cc1)n1c(=S)[nH]c2sc3c(c2c1=O)CCCC3. The molecule has 0 saturated carbocycles. The van der Waals surface area contributed by atoms with Gasteiger partial charge in [0.05, 0.1) is 5.39 Å². The largest absolute Gasteiger partial charge is 0.489 e. The number of benzene rings is 2. The van der Waals surface area contributed by atoms with E-state index in [2.05, 4.69) is 4.98 Å². The summed E-state index contributed by atoms with van der Waals surface area (Å²) < 4.78 is 7.00. The molecule has 31 heavy (non-hydrogen) atoms. The highest BCUT2D eigenvalue weighted by Gasteiger charge is 2.22. The number of carbonyl (C=O) groups is 1. The number of aromatic amines is 1. The zero-order valence-corrected chi connectivity index (χ0v) is 18.4. The quantitative estimate of drug-likeness (QED) is 0.432. The lowest BCUT2D eigenvalue weighted by molar-refractivity contribution is 0.0953. The van der Waals surface area contributed by atoms with Crippen molar-refractivity contribution in [2.45, 2.75) is 32.3 Å². The number of nitrogens with one attached hydrogen (secondary N) is 1. The number of aryl methyl sites for hydroxylation is 2. The third kappa shape index (κ3) is 3.75. The van der Waals surface area contributed by atoms with Crippen molar-refractivity contribution in [3.63, 3.8) is 0 Å². The van der Waals surface area contributed by atoms with Crippen LogP contribution in [0.2, 0.25) is 0 Å². The van der Waals surface area contributed by atoms with Gasteiger partial charge in [-0.25, -0.2) is 4.57 Å². The molecule has 7 heteroatoms. The average Bonchev–Trinajstić information content (AvgIpc) is 3.17. The van der Waals surface area contributed by atoms with Gasteiger partial charge in [-0.1, -0.05) is 30.3 Å². The van der Waals surface area contributed by atoms with E-state index < -0.39 is 5.91 Å². The zero-order valence-electron chi connectivity index (χ0n) is 16.7. The lowest BCUT2D eigenvalue weighted by Gasteiger charge is -2.11. The number of thiophene rings is 1. The summed E-state index contributed by atoms with van der Waals surface area (Å²) in [4.78, 5) is 31.5. The number of aromatic nitrogens is 2. The molecule has 0 amide bonds. The predicted octanol–water partition coefficient (Wildman–Crippen LogP) is 5.27. The van der Waals surface area contributed by atoms with Gasteiger partial charge in [-0.15, -0.1) is 11.3 Å². The number of H-pyrrole nitrogens is 1. The van der Waals surface area contributed by atoms with Crippen LogP contribution in [-0.4, -0.2) is 15.5 Å². The Bertz CT molecular complexity index is 1380. The standard InChI is InChI=1S/C24H20N2O3S2/c27-22(16-10-12-17(13-11-16)29-14-15-6-2-1-3-7-15)26-23(28)20-18-8-4-5-9-19(18)31-21(20)25-24(26)30/h1-3,6-7,10-13H,4-5,8-9,14H2,(H,25,30). The second kappa shape index (κ2) is 8.24. The van der Waals surface area contributed by atoms with Crippen LogP contribution < -0.4 is 10.3 Å². The maximum absolute atomic E-state index is 13.3. The first kappa shape index (κ1) is 19.9. The van der Waals surface area contributed by atoms with Crippen LogP contribution in [-0.2, 0) is 19.4 Å². The maximum atomic E-state index is 13.3. The van der Waals surface area contributed by atoms with E-state index in [-0.39, 0.29) is 10.3 Å². The highest BCUT2D eigenvalue weighted by Crippen LogP contribution is 2.33. The summed E-state index contributed by atoms with van der Waals surface area (Å²) in [7, 11) is 0. The number of ether oxygens (including phenoxy) is 1. The van der Waals surface area contributed by atoms with Gasteiger partial charge in [0.25, 0.3) is 11.5 Å². The molecule has 2 heterocycles. The van der Waals surface area contributed by atoms with Crippen molar-refractivity contribution < 1.29 is 9.53 Å². The van der Waals surface area contributed by atoms with Crippen LogP contribution in [0.15, 0.2) is 59.4 Å². The maximum Gasteiger partial charge on any atom is 0.270 e. The van der Waals surface area contributed by atoms with Gasteiger partial charge in [-0.2, -0.15) is 0 Å². The third-order valence-corrected chi connectivity index (χ3v) is 7.06. The topological polar surface area (TPSA) is 64.1 Å². The van der Waals surface area contributed by atoms with Crippen molar-refractivity contribution in [2.75, 3.05) is 0 Å². The number of hydrogen-bond acceptors (Lipinski definition) is 5. The van der Waals surface area contributed by atoms with Crippen LogP contribution in [0.3, 0.4) is 0 Å². The lowest BCUT2D eigenvalue weighted by atomic mass is 9.97. The number of carbonyl (C=O) groups excluding carboxylic acids is 1. The Morgan fingerprint density at radius 3 is 2.58 bits per heavy atom. The van der Waals surface area contributed by atoms with E-state index >= 15 is 0 Å². The van der Waals surface area contributed by atoms with E-state index in [1.807, 2.05) is 30.3 Å². The molecule has 0 bridgehead atoms. The second-order valence-corrected chi connectivity index (χ2v) is 9.08. The second-order valence-electron chi connectivity index (χ2n) is 7.59. The summed E-state index contributed by atoms with van der Waals surface area (Å²) in [6, 6.07) is 16.7. The highest BCUT2D eigenvalue weighted by atomic mass is 32.1. The average molecular weight is 449 g/mol. The van der Waals surface area contributed by atoms with Gasteiger partial charge in [0.2, 0.25) is 0 Å². The third-order valence-electron chi connectivity index (χ3n) is 5.56. The van der Waals surface area contributed by atoms with Crippen LogP contribution in [0, 0.1) is 4.77 Å². The van der Waals surface area contributed by atoms with Crippen molar-refractivity contribution in [1.82, 2.24) is 9.55 Å². The molecule has 4 aromatic rings. The summed E-state index contributed by atoms with van der Waals surface area (Å²) in [5.41, 5.74) is 2.20. The van der Waals surface area contributed by atoms with E-state index in [4.69, 9.17) is 17.0 Å². The Kier molecular flexibility index (Phi) is 5.29. The fourth-order valence-corrected chi connectivity index (χ4v) is 5.60. The Morgan fingerprint density at radius 1 is 1.06 bits per heavy atom. The molecule has 5 rings (SSSR count). The van der Waals surface area contributed by atoms with Crippen LogP contribution in [0.1, 0.15) is 39.2 Å². The normalized spacial score (nSPS) is 13.2. The van der Waals surface area contributed by atoms with Gasteiger partial charge in [0, 0.05) is 10.4 Å². The van der Waals surface area contributed by atoms with E-state index in [1.54, 1.807) is 35.6 Å². The van der Waals surface area contributed by atoms with Gasteiger partial charge in [-0.05, 0) is 73.3 Å². The molecule has 0 saturated heterocycles. The molecule has 1 aliphatic carbocycles. The fraction of sp³-hybridized carbons (Fsp3) is 0.208. The molecule has 1 N–H and O–H groups in total. The van der Waals surface area contributed by atoms with E-state index in [9.17, 15) is 9.59 Å². The minimum absolute atomic E-state index is 0.130. The molecule has 0 spiro atoms. The molecular formula is C24H20N2O3S2. The van der Waals surface area contributed by atoms with Crippen molar-refractivity contribution in [1.29, 1.82) is 0 Å². The molecule has 0 atom stereocenters. The van der Waals surface area contributed by atoms with Crippen LogP contribution in [0.5, 0.6) is 5.75 Å². The minimum atomic E-state index is -0.432. The summed E-state index contributed by atoms with van der Waals surface area (Å²) in [5.74, 6) is 0.221. The highest BCUT2D eigenvalue weighted by molar-refractivity contribution is 7.71. The lowest BCUT2D eigenvalue weighted by Crippen LogP contribution is -2.29. The molecule has 1 aliphatic rings. The van der Waals surface area contributed by atoms with Gasteiger partial charge < -0.3 is 9.72 Å². The molecule has 156 valence electrons. The van der Waals surface area contributed by atoms with E-state index in [0.717, 1.165) is 46.2 Å². The molecule has 0 unspecified atom stereocenters. The minimum Gasteiger partial charge on any atom is -0.489 e. The zero-order chi connectivity index (χ0) is 21.4. The van der Waals surface area contributed by atoms with Gasteiger partial charge in [-0.3, -0.25) is 9.59 Å². The first-order valence-corrected chi connectivity index (χ1v) is 11.5. The number of hydrogen-bond donors (Lipinski definition) is 1. The van der Waals surface area contributed by atoms with E-state index in [0.29, 0.717) is 23.3 Å². The van der Waals surface area contributed by atoms with E-state index in [1.165, 1.54) is 4.88 Å². The number of fused-ring (bicyclic) bond motifs is 3. The molecular weight excluding hydrogens is 428 g/mol. The number of rotatable bonds is 4. The number of nitrogens with zero attached hydrogens (tertiary/aromatic N) is 1. The Labute approximate surface area is 187 Å². The van der Waals surface area contributed by atoms with Crippen LogP contribution >= 0.6 is 23.6 Å². The first-order chi connectivity index (χ1) is 15.1.